The molecule has 0 aliphatic heterocycles. The molecule has 4 rings (SSSR count). The molecule has 6 nitrogen and oxygen atoms in total. The topological polar surface area (TPSA) is 81.1 Å². The Hall–Kier alpha value is -3.23. The zero-order chi connectivity index (χ0) is 22.6. The van der Waals surface area contributed by atoms with Gasteiger partial charge >= 0.3 is 0 Å². The van der Waals surface area contributed by atoms with Gasteiger partial charge in [-0.1, -0.05) is 48.5 Å². The lowest BCUT2D eigenvalue weighted by Crippen LogP contribution is -2.31. The molecule has 164 valence electrons. The molecule has 0 aliphatic rings. The predicted octanol–water partition coefficient (Wildman–Crippen LogP) is 4.08. The number of sulfonamides is 1. The molecule has 2 heterocycles. The Morgan fingerprint density at radius 3 is 2.38 bits per heavy atom. The quantitative estimate of drug-likeness (QED) is 0.425. The highest BCUT2D eigenvalue weighted by Gasteiger charge is 2.21. The summed E-state index contributed by atoms with van der Waals surface area (Å²) in [5, 5.41) is 4.43. The lowest BCUT2D eigenvalue weighted by molar-refractivity contribution is -0.118. The monoisotopic (exact) mass is 465 g/mol. The van der Waals surface area contributed by atoms with Gasteiger partial charge in [0.2, 0.25) is 5.91 Å². The van der Waals surface area contributed by atoms with E-state index in [0.717, 1.165) is 29.1 Å². The maximum Gasteiger partial charge on any atom is 0.273 e. The van der Waals surface area contributed by atoms with Gasteiger partial charge in [0.1, 0.15) is 4.21 Å². The first-order valence-corrected chi connectivity index (χ1v) is 12.5. The van der Waals surface area contributed by atoms with E-state index < -0.39 is 15.9 Å². The highest BCUT2D eigenvalue weighted by atomic mass is 32.2. The molecule has 0 radical (unpaired) electrons. The van der Waals surface area contributed by atoms with Crippen LogP contribution < -0.4 is 4.72 Å². The minimum atomic E-state index is -3.92. The molecule has 0 saturated heterocycles. The first-order chi connectivity index (χ1) is 15.4. The van der Waals surface area contributed by atoms with Gasteiger partial charge in [-0.25, -0.2) is 17.8 Å². The molecule has 1 amide bonds. The van der Waals surface area contributed by atoms with Crippen LogP contribution in [0.3, 0.4) is 0 Å². The van der Waals surface area contributed by atoms with Gasteiger partial charge in [0, 0.05) is 4.88 Å². The summed E-state index contributed by atoms with van der Waals surface area (Å²) in [7, 11) is -3.92. The molecule has 0 bridgehead atoms. The number of carbonyl (C=O) groups excluding carboxylic acids is 1. The Balaban J connectivity index is 1.42. The first-order valence-electron chi connectivity index (χ1n) is 10.2. The zero-order valence-corrected chi connectivity index (χ0v) is 19.2. The van der Waals surface area contributed by atoms with Crippen molar-refractivity contribution in [2.75, 3.05) is 0 Å². The third-order valence-corrected chi connectivity index (χ3v) is 7.91. The highest BCUT2D eigenvalue weighted by molar-refractivity contribution is 7.92. The van der Waals surface area contributed by atoms with Crippen LogP contribution in [0, 0.1) is 6.92 Å². The second kappa shape index (κ2) is 9.50. The van der Waals surface area contributed by atoms with Gasteiger partial charge in [-0.15, -0.1) is 11.3 Å². The predicted molar refractivity (Wildman–Crippen MR) is 126 cm³/mol. The Morgan fingerprint density at radius 1 is 0.969 bits per heavy atom. The molecule has 2 aromatic heterocycles. The maximum atomic E-state index is 12.7. The molecule has 0 aliphatic carbocycles. The Kier molecular flexibility index (Phi) is 6.53. The molecule has 8 heteroatoms. The second-order valence-corrected chi connectivity index (χ2v) is 10.5. The number of benzene rings is 2. The number of nitrogens with zero attached hydrogens (tertiary/aromatic N) is 2. The number of hydrogen-bond acceptors (Lipinski definition) is 5. The van der Waals surface area contributed by atoms with Crippen LogP contribution >= 0.6 is 11.3 Å². The van der Waals surface area contributed by atoms with Gasteiger partial charge in [-0.2, -0.15) is 5.10 Å². The second-order valence-electron chi connectivity index (χ2n) is 7.44. The average Bonchev–Trinajstić information content (AvgIpc) is 3.40. The number of nitrogens with one attached hydrogen (secondary N) is 1. The largest absolute Gasteiger partial charge is 0.274 e. The van der Waals surface area contributed by atoms with Crippen LogP contribution in [-0.2, 0) is 34.1 Å². The fourth-order valence-electron chi connectivity index (χ4n) is 3.42. The molecule has 4 aromatic rings. The Labute approximate surface area is 191 Å². The van der Waals surface area contributed by atoms with E-state index >= 15 is 0 Å². The van der Waals surface area contributed by atoms with Crippen LogP contribution in [0.15, 0.2) is 83.1 Å². The third kappa shape index (κ3) is 5.33. The van der Waals surface area contributed by atoms with E-state index in [9.17, 15) is 13.2 Å². The van der Waals surface area contributed by atoms with E-state index in [4.69, 9.17) is 0 Å². The zero-order valence-electron chi connectivity index (χ0n) is 17.6. The van der Waals surface area contributed by atoms with E-state index in [-0.39, 0.29) is 10.6 Å². The number of hydrogen-bond donors (Lipinski definition) is 1. The highest BCUT2D eigenvalue weighted by Crippen LogP contribution is 2.23. The number of para-hydroxylation sites is 1. The summed E-state index contributed by atoms with van der Waals surface area (Å²) in [5.41, 5.74) is 3.38. The van der Waals surface area contributed by atoms with Crippen molar-refractivity contribution in [1.29, 1.82) is 0 Å². The van der Waals surface area contributed by atoms with Gasteiger partial charge in [-0.05, 0) is 55.7 Å². The van der Waals surface area contributed by atoms with Crippen LogP contribution in [0.1, 0.15) is 21.8 Å². The molecule has 1 N–H and O–H groups in total. The fourth-order valence-corrected chi connectivity index (χ4v) is 5.76. The fraction of sp³-hybridized carbons (Fsp3) is 0.167. The molecule has 2 aromatic carbocycles. The number of amides is 1. The maximum absolute atomic E-state index is 12.7. The SMILES string of the molecule is Cc1cc(CC(=O)NS(=O)(=O)c2ccc(CCc3ccccc3)s2)n(-c2ccccc2)n1. The van der Waals surface area contributed by atoms with Crippen molar-refractivity contribution in [3.8, 4) is 5.69 Å². The molecular formula is C24H23N3O3S2. The van der Waals surface area contributed by atoms with Gasteiger partial charge in [0.05, 0.1) is 23.5 Å². The summed E-state index contributed by atoms with van der Waals surface area (Å²) < 4.78 is 29.5. The molecule has 32 heavy (non-hydrogen) atoms. The minimum absolute atomic E-state index is 0.0960. The summed E-state index contributed by atoms with van der Waals surface area (Å²) in [5.74, 6) is -0.596. The van der Waals surface area contributed by atoms with Crippen LogP contribution in [0.2, 0.25) is 0 Å². The van der Waals surface area contributed by atoms with Crippen molar-refractivity contribution in [2.24, 2.45) is 0 Å². The normalized spacial score (nSPS) is 11.4. The summed E-state index contributed by atoms with van der Waals surface area (Å²) in [4.78, 5) is 13.5. The van der Waals surface area contributed by atoms with Crippen molar-refractivity contribution in [1.82, 2.24) is 14.5 Å². The number of carbonyl (C=O) groups is 1. The van der Waals surface area contributed by atoms with Gasteiger partial charge in [0.15, 0.2) is 0 Å². The van der Waals surface area contributed by atoms with E-state index in [0.29, 0.717) is 5.69 Å². The van der Waals surface area contributed by atoms with Crippen molar-refractivity contribution >= 4 is 27.3 Å². The van der Waals surface area contributed by atoms with E-state index in [1.165, 1.54) is 16.9 Å². The average molecular weight is 466 g/mol. The number of aryl methyl sites for hydroxylation is 3. The summed E-state index contributed by atoms with van der Waals surface area (Å²) in [6, 6.07) is 24.6. The smallest absolute Gasteiger partial charge is 0.273 e. The standard InChI is InChI=1S/C24H23N3O3S2/c1-18-16-21(27(25-18)20-10-6-3-7-11-20)17-23(28)26-32(29,30)24-15-14-22(31-24)13-12-19-8-4-2-5-9-19/h2-11,14-16H,12-13,17H2,1H3,(H,26,28). The summed E-state index contributed by atoms with van der Waals surface area (Å²) in [6.45, 7) is 1.83. The molecule has 0 atom stereocenters. The summed E-state index contributed by atoms with van der Waals surface area (Å²) in [6.07, 6.45) is 1.48. The molecular weight excluding hydrogens is 442 g/mol. The van der Waals surface area contributed by atoms with Crippen molar-refractivity contribution < 1.29 is 13.2 Å². The van der Waals surface area contributed by atoms with E-state index in [1.54, 1.807) is 22.9 Å². The molecule has 0 fully saturated rings. The van der Waals surface area contributed by atoms with Crippen molar-refractivity contribution in [3.63, 3.8) is 0 Å². The number of rotatable bonds is 8. The molecule has 0 spiro atoms. The Bertz CT molecular complexity index is 1310. The lowest BCUT2D eigenvalue weighted by Gasteiger charge is -2.08. The molecule has 0 saturated carbocycles. The van der Waals surface area contributed by atoms with Crippen LogP contribution in [-0.4, -0.2) is 24.1 Å². The number of aromatic nitrogens is 2. The van der Waals surface area contributed by atoms with Crippen LogP contribution in [0.25, 0.3) is 5.69 Å². The van der Waals surface area contributed by atoms with Crippen molar-refractivity contribution in [2.45, 2.75) is 30.4 Å². The third-order valence-electron chi connectivity index (χ3n) is 4.90. The van der Waals surface area contributed by atoms with Gasteiger partial charge in [0.25, 0.3) is 10.0 Å². The van der Waals surface area contributed by atoms with E-state index in [1.807, 2.05) is 67.6 Å². The summed E-state index contributed by atoms with van der Waals surface area (Å²) >= 11 is 1.19. The number of thiophene rings is 1. The van der Waals surface area contributed by atoms with E-state index in [2.05, 4.69) is 9.82 Å². The van der Waals surface area contributed by atoms with Gasteiger partial charge < -0.3 is 0 Å². The van der Waals surface area contributed by atoms with Crippen molar-refractivity contribution in [3.05, 3.63) is 101 Å². The first kappa shape index (κ1) is 22.0. The van der Waals surface area contributed by atoms with Crippen LogP contribution in [0.4, 0.5) is 0 Å². The minimum Gasteiger partial charge on any atom is -0.274 e. The lowest BCUT2D eigenvalue weighted by atomic mass is 10.1. The van der Waals surface area contributed by atoms with Gasteiger partial charge in [-0.3, -0.25) is 4.79 Å². The van der Waals surface area contributed by atoms with Crippen LogP contribution in [0.5, 0.6) is 0 Å². The Morgan fingerprint density at radius 2 is 1.66 bits per heavy atom. The molecule has 0 unspecified atom stereocenters.